The zero-order valence-corrected chi connectivity index (χ0v) is 10.2. The van der Waals surface area contributed by atoms with Crippen molar-refractivity contribution >= 4 is 0 Å². The van der Waals surface area contributed by atoms with Crippen molar-refractivity contribution in [3.63, 3.8) is 0 Å². The van der Waals surface area contributed by atoms with Crippen molar-refractivity contribution in [3.05, 3.63) is 23.3 Å². The van der Waals surface area contributed by atoms with Crippen LogP contribution in [0, 0.1) is 6.92 Å². The van der Waals surface area contributed by atoms with Gasteiger partial charge in [0, 0.05) is 5.54 Å². The molecule has 0 spiro atoms. The summed E-state index contributed by atoms with van der Waals surface area (Å²) in [5, 5.41) is 0. The molecule has 0 saturated heterocycles. The average molecular weight is 221 g/mol. The van der Waals surface area contributed by atoms with Crippen LogP contribution >= 0.6 is 0 Å². The van der Waals surface area contributed by atoms with Crippen molar-refractivity contribution in [1.29, 1.82) is 0 Å². The van der Waals surface area contributed by atoms with Crippen molar-refractivity contribution < 1.29 is 9.47 Å². The van der Waals surface area contributed by atoms with Gasteiger partial charge >= 0.3 is 0 Å². The molecule has 0 aliphatic heterocycles. The highest BCUT2D eigenvalue weighted by Gasteiger charge is 2.36. The fourth-order valence-electron chi connectivity index (χ4n) is 2.45. The minimum Gasteiger partial charge on any atom is -0.493 e. The Hall–Kier alpha value is -1.22. The summed E-state index contributed by atoms with van der Waals surface area (Å²) in [5.74, 6) is 1.57. The minimum absolute atomic E-state index is 0.149. The van der Waals surface area contributed by atoms with Gasteiger partial charge < -0.3 is 15.2 Å². The first-order chi connectivity index (χ1) is 7.62. The van der Waals surface area contributed by atoms with Crippen LogP contribution in [0.3, 0.4) is 0 Å². The Balaban J connectivity index is 2.48. The van der Waals surface area contributed by atoms with Crippen LogP contribution in [0.4, 0.5) is 0 Å². The van der Waals surface area contributed by atoms with Crippen LogP contribution in [0.2, 0.25) is 0 Å². The molecule has 0 atom stereocenters. The van der Waals surface area contributed by atoms with Gasteiger partial charge in [-0.25, -0.2) is 0 Å². The van der Waals surface area contributed by atoms with Gasteiger partial charge in [-0.2, -0.15) is 0 Å². The zero-order chi connectivity index (χ0) is 11.8. The first kappa shape index (κ1) is 11.3. The van der Waals surface area contributed by atoms with Crippen LogP contribution in [0.15, 0.2) is 12.1 Å². The molecule has 1 saturated carbocycles. The zero-order valence-electron chi connectivity index (χ0n) is 10.2. The summed E-state index contributed by atoms with van der Waals surface area (Å²) in [7, 11) is 3.32. The Labute approximate surface area is 96.5 Å². The van der Waals surface area contributed by atoms with Crippen molar-refractivity contribution in [1.82, 2.24) is 0 Å². The predicted molar refractivity (Wildman–Crippen MR) is 64.0 cm³/mol. The van der Waals surface area contributed by atoms with E-state index in [1.807, 2.05) is 13.0 Å². The Morgan fingerprint density at radius 2 is 1.88 bits per heavy atom. The third-order valence-corrected chi connectivity index (χ3v) is 3.58. The molecule has 1 aromatic rings. The molecule has 0 amide bonds. The highest BCUT2D eigenvalue weighted by molar-refractivity contribution is 5.52. The summed E-state index contributed by atoms with van der Waals surface area (Å²) in [6, 6.07) is 4.00. The van der Waals surface area contributed by atoms with Crippen LogP contribution in [0.5, 0.6) is 11.5 Å². The van der Waals surface area contributed by atoms with Crippen molar-refractivity contribution in [2.24, 2.45) is 5.73 Å². The third-order valence-electron chi connectivity index (χ3n) is 3.58. The number of hydrogen-bond acceptors (Lipinski definition) is 3. The molecule has 0 radical (unpaired) electrons. The molecule has 2 N–H and O–H groups in total. The molecule has 16 heavy (non-hydrogen) atoms. The van der Waals surface area contributed by atoms with Crippen molar-refractivity contribution in [2.75, 3.05) is 14.2 Å². The summed E-state index contributed by atoms with van der Waals surface area (Å²) in [6.45, 7) is 2.05. The summed E-state index contributed by atoms with van der Waals surface area (Å²) in [6.07, 6.45) is 3.33. The second kappa shape index (κ2) is 3.98. The fourth-order valence-corrected chi connectivity index (χ4v) is 2.45. The van der Waals surface area contributed by atoms with Gasteiger partial charge in [0.25, 0.3) is 0 Å². The van der Waals surface area contributed by atoms with E-state index in [2.05, 4.69) is 6.07 Å². The lowest BCUT2D eigenvalue weighted by Gasteiger charge is -2.40. The molecule has 0 bridgehead atoms. The molecule has 3 nitrogen and oxygen atoms in total. The van der Waals surface area contributed by atoms with Gasteiger partial charge in [0.15, 0.2) is 11.5 Å². The molecule has 1 aliphatic rings. The van der Waals surface area contributed by atoms with Gasteiger partial charge in [-0.05, 0) is 43.4 Å². The highest BCUT2D eigenvalue weighted by Crippen LogP contribution is 2.44. The first-order valence-corrected chi connectivity index (χ1v) is 5.63. The van der Waals surface area contributed by atoms with E-state index < -0.39 is 0 Å². The maximum atomic E-state index is 6.34. The molecule has 1 fully saturated rings. The maximum Gasteiger partial charge on any atom is 0.163 e. The van der Waals surface area contributed by atoms with E-state index in [0.717, 1.165) is 29.9 Å². The minimum atomic E-state index is -0.149. The summed E-state index contributed by atoms with van der Waals surface area (Å²) >= 11 is 0. The van der Waals surface area contributed by atoms with Gasteiger partial charge in [0.1, 0.15) is 0 Å². The highest BCUT2D eigenvalue weighted by atomic mass is 16.5. The lowest BCUT2D eigenvalue weighted by molar-refractivity contribution is 0.250. The smallest absolute Gasteiger partial charge is 0.163 e. The van der Waals surface area contributed by atoms with Crippen LogP contribution in [0.1, 0.15) is 30.4 Å². The molecular weight excluding hydrogens is 202 g/mol. The van der Waals surface area contributed by atoms with E-state index in [1.54, 1.807) is 14.2 Å². The van der Waals surface area contributed by atoms with Gasteiger partial charge in [-0.1, -0.05) is 6.07 Å². The van der Waals surface area contributed by atoms with E-state index >= 15 is 0 Å². The number of nitrogens with two attached hydrogens (primary N) is 1. The SMILES string of the molecule is COc1ccc(C2(N)CCC2)c(C)c1OC. The van der Waals surface area contributed by atoms with E-state index in [9.17, 15) is 0 Å². The summed E-state index contributed by atoms with van der Waals surface area (Å²) in [4.78, 5) is 0. The Kier molecular flexibility index (Phi) is 2.80. The van der Waals surface area contributed by atoms with Gasteiger partial charge in [-0.15, -0.1) is 0 Å². The number of methoxy groups -OCH3 is 2. The van der Waals surface area contributed by atoms with Gasteiger partial charge in [0.05, 0.1) is 14.2 Å². The second-order valence-electron chi connectivity index (χ2n) is 4.48. The number of rotatable bonds is 3. The van der Waals surface area contributed by atoms with Gasteiger partial charge in [-0.3, -0.25) is 0 Å². The molecule has 1 aliphatic carbocycles. The van der Waals surface area contributed by atoms with Gasteiger partial charge in [0.2, 0.25) is 0 Å². The summed E-state index contributed by atoms with van der Waals surface area (Å²) in [5.41, 5.74) is 8.49. The third kappa shape index (κ3) is 1.55. The second-order valence-corrected chi connectivity index (χ2v) is 4.48. The van der Waals surface area contributed by atoms with Crippen LogP contribution in [0.25, 0.3) is 0 Å². The average Bonchev–Trinajstić information content (AvgIpc) is 2.25. The summed E-state index contributed by atoms with van der Waals surface area (Å²) < 4.78 is 10.7. The molecule has 1 aromatic carbocycles. The lowest BCUT2D eigenvalue weighted by Crippen LogP contribution is -2.43. The van der Waals surface area contributed by atoms with Crippen molar-refractivity contribution in [3.8, 4) is 11.5 Å². The maximum absolute atomic E-state index is 6.34. The Bertz CT molecular complexity index is 397. The number of hydrogen-bond donors (Lipinski definition) is 1. The van der Waals surface area contributed by atoms with Crippen LogP contribution in [-0.2, 0) is 5.54 Å². The van der Waals surface area contributed by atoms with Crippen LogP contribution in [-0.4, -0.2) is 14.2 Å². The molecule has 0 unspecified atom stereocenters. The largest absolute Gasteiger partial charge is 0.493 e. The number of benzene rings is 1. The Morgan fingerprint density at radius 3 is 2.31 bits per heavy atom. The predicted octanol–water partition coefficient (Wildman–Crippen LogP) is 2.35. The molecule has 3 heteroatoms. The molecule has 88 valence electrons. The van der Waals surface area contributed by atoms with Crippen molar-refractivity contribution in [2.45, 2.75) is 31.7 Å². The topological polar surface area (TPSA) is 44.5 Å². The number of ether oxygens (including phenoxy) is 2. The van der Waals surface area contributed by atoms with E-state index in [1.165, 1.54) is 12.0 Å². The van der Waals surface area contributed by atoms with Crippen LogP contribution < -0.4 is 15.2 Å². The molecule has 0 aromatic heterocycles. The van der Waals surface area contributed by atoms with E-state index in [-0.39, 0.29) is 5.54 Å². The fraction of sp³-hybridized carbons (Fsp3) is 0.538. The normalized spacial score (nSPS) is 17.8. The standard InChI is InChI=1S/C13H19NO2/c1-9-10(13(14)7-4-8-13)5-6-11(15-2)12(9)16-3/h5-6H,4,7-8,14H2,1-3H3. The lowest BCUT2D eigenvalue weighted by atomic mass is 9.71. The monoisotopic (exact) mass is 221 g/mol. The van der Waals surface area contributed by atoms with E-state index in [0.29, 0.717) is 0 Å². The quantitative estimate of drug-likeness (QED) is 0.852. The first-order valence-electron chi connectivity index (χ1n) is 5.63. The molecule has 0 heterocycles. The Morgan fingerprint density at radius 1 is 1.19 bits per heavy atom. The van der Waals surface area contributed by atoms with E-state index in [4.69, 9.17) is 15.2 Å². The molecule has 2 rings (SSSR count). The molecular formula is C13H19NO2.